The Morgan fingerprint density at radius 3 is 1.95 bits per heavy atom. The van der Waals surface area contributed by atoms with Gasteiger partial charge in [0.05, 0.1) is 13.2 Å². The average molecular weight is 872 g/mol. The highest BCUT2D eigenvalue weighted by atomic mass is 32.1. The number of ketones is 1. The predicted molar refractivity (Wildman–Crippen MR) is 256 cm³/mol. The zero-order valence-electron chi connectivity index (χ0n) is 36.3. The van der Waals surface area contributed by atoms with Gasteiger partial charge in [-0.15, -0.1) is 11.3 Å². The van der Waals surface area contributed by atoms with Crippen LogP contribution in [0, 0.1) is 0 Å². The van der Waals surface area contributed by atoms with Gasteiger partial charge < -0.3 is 30.0 Å². The van der Waals surface area contributed by atoms with Crippen LogP contribution < -0.4 is 20.1 Å². The number of nitrogens with zero attached hydrogens (tertiary/aromatic N) is 1. The van der Waals surface area contributed by atoms with Gasteiger partial charge in [-0.2, -0.15) is 0 Å². The molecule has 4 aromatic rings. The lowest BCUT2D eigenvalue weighted by molar-refractivity contribution is -0.120. The van der Waals surface area contributed by atoms with Crippen LogP contribution in [0.2, 0.25) is 0 Å². The lowest BCUT2D eigenvalue weighted by Gasteiger charge is -2.26. The molecule has 3 N–H and O–H groups in total. The number of benzene rings is 3. The number of rotatable bonds is 25. The molecule has 0 unspecified atom stereocenters. The minimum absolute atomic E-state index is 0.0873. The van der Waals surface area contributed by atoms with Crippen molar-refractivity contribution in [3.8, 4) is 27.7 Å². The molecule has 0 atom stereocenters. The summed E-state index contributed by atoms with van der Waals surface area (Å²) in [5.41, 5.74) is 1.81. The largest absolute Gasteiger partial charge is 0.508 e. The third-order valence-electron chi connectivity index (χ3n) is 9.98. The minimum atomic E-state index is -0.642. The van der Waals surface area contributed by atoms with Gasteiger partial charge in [0.2, 0.25) is 5.91 Å². The Morgan fingerprint density at radius 1 is 0.730 bits per heavy atom. The summed E-state index contributed by atoms with van der Waals surface area (Å²) in [5.74, 6) is 0.894. The molecule has 2 amide bonds. The third kappa shape index (κ3) is 17.3. The Morgan fingerprint density at radius 2 is 1.32 bits per heavy atom. The average Bonchev–Trinajstić information content (AvgIpc) is 3.67. The number of morpholine rings is 1. The molecule has 0 spiro atoms. The molecule has 0 aliphatic carbocycles. The van der Waals surface area contributed by atoms with Crippen molar-refractivity contribution >= 4 is 39.2 Å². The van der Waals surface area contributed by atoms with Gasteiger partial charge in [-0.05, 0) is 117 Å². The molecular formula is C52H61N3O7S. The van der Waals surface area contributed by atoms with E-state index in [0.29, 0.717) is 42.1 Å². The number of hydrogen-bond donors (Lipinski definition) is 3. The maximum atomic E-state index is 14.1. The summed E-state index contributed by atoms with van der Waals surface area (Å²) in [6.45, 7) is 7.25. The summed E-state index contributed by atoms with van der Waals surface area (Å²) in [7, 11) is 0. The molecule has 5 rings (SSSR count). The topological polar surface area (TPSA) is 126 Å². The van der Waals surface area contributed by atoms with E-state index in [2.05, 4.69) is 89.3 Å². The number of allylic oxidation sites excluding steroid dienone is 12. The normalized spacial score (nSPS) is 13.7. The number of thiophene rings is 1. The van der Waals surface area contributed by atoms with Gasteiger partial charge >= 0.3 is 6.09 Å². The molecule has 11 heteroatoms. The van der Waals surface area contributed by atoms with E-state index in [1.807, 2.05) is 18.2 Å². The Balaban J connectivity index is 0.985. The van der Waals surface area contributed by atoms with Crippen molar-refractivity contribution < 1.29 is 33.7 Å². The van der Waals surface area contributed by atoms with E-state index in [9.17, 15) is 19.5 Å². The van der Waals surface area contributed by atoms with Crippen LogP contribution in [0.25, 0.3) is 20.5 Å². The van der Waals surface area contributed by atoms with Gasteiger partial charge in [-0.3, -0.25) is 14.5 Å². The zero-order chi connectivity index (χ0) is 44.3. The van der Waals surface area contributed by atoms with Crippen LogP contribution in [0.1, 0.15) is 74.2 Å². The Hall–Kier alpha value is -6.01. The van der Waals surface area contributed by atoms with Crippen molar-refractivity contribution in [3.05, 3.63) is 151 Å². The molecule has 63 heavy (non-hydrogen) atoms. The third-order valence-corrected chi connectivity index (χ3v) is 11.2. The van der Waals surface area contributed by atoms with Gasteiger partial charge in [-0.25, -0.2) is 4.79 Å². The first-order valence-electron chi connectivity index (χ1n) is 22.0. The minimum Gasteiger partial charge on any atom is -0.508 e. The lowest BCUT2D eigenvalue weighted by Crippen LogP contribution is -2.38. The van der Waals surface area contributed by atoms with Crippen molar-refractivity contribution in [2.24, 2.45) is 0 Å². The van der Waals surface area contributed by atoms with Gasteiger partial charge in [0, 0.05) is 65.2 Å². The number of aromatic hydroxyl groups is 1. The van der Waals surface area contributed by atoms with Crippen LogP contribution in [0.3, 0.4) is 0 Å². The molecule has 0 saturated carbocycles. The first-order valence-corrected chi connectivity index (χ1v) is 22.8. The van der Waals surface area contributed by atoms with Crippen LogP contribution >= 0.6 is 11.3 Å². The van der Waals surface area contributed by atoms with Crippen molar-refractivity contribution in [2.45, 2.75) is 58.3 Å². The fourth-order valence-corrected chi connectivity index (χ4v) is 7.84. The van der Waals surface area contributed by atoms with Crippen LogP contribution in [-0.2, 0) is 9.53 Å². The number of nitrogens with one attached hydrogen (secondary N) is 2. The zero-order valence-corrected chi connectivity index (χ0v) is 37.2. The number of carbonyl (C=O) groups is 3. The van der Waals surface area contributed by atoms with Crippen LogP contribution in [0.15, 0.2) is 140 Å². The molecule has 1 aliphatic rings. The van der Waals surface area contributed by atoms with Crippen molar-refractivity contribution in [1.29, 1.82) is 0 Å². The highest BCUT2D eigenvalue weighted by molar-refractivity contribution is 7.22. The molecule has 1 aromatic heterocycles. The number of fused-ring (bicyclic) bond motifs is 1. The number of phenols is 1. The maximum absolute atomic E-state index is 14.1. The second-order valence-corrected chi connectivity index (χ2v) is 15.8. The summed E-state index contributed by atoms with van der Waals surface area (Å²) >= 11 is 1.41. The highest BCUT2D eigenvalue weighted by Crippen LogP contribution is 2.41. The smallest absolute Gasteiger partial charge is 0.412 e. The quantitative estimate of drug-likeness (QED) is 0.0341. The molecule has 0 radical (unpaired) electrons. The predicted octanol–water partition coefficient (Wildman–Crippen LogP) is 10.9. The second kappa shape index (κ2) is 27.8. The Labute approximate surface area is 376 Å². The van der Waals surface area contributed by atoms with E-state index in [-0.39, 0.29) is 30.5 Å². The van der Waals surface area contributed by atoms with E-state index in [1.165, 1.54) is 11.3 Å². The van der Waals surface area contributed by atoms with Gasteiger partial charge in [0.25, 0.3) is 0 Å². The van der Waals surface area contributed by atoms with Crippen LogP contribution in [-0.4, -0.2) is 80.3 Å². The van der Waals surface area contributed by atoms with Crippen molar-refractivity contribution in [1.82, 2.24) is 15.5 Å². The number of carbonyl (C=O) groups excluding carboxylic acids is 3. The highest BCUT2D eigenvalue weighted by Gasteiger charge is 2.22. The fourth-order valence-electron chi connectivity index (χ4n) is 6.60. The molecule has 2 heterocycles. The van der Waals surface area contributed by atoms with Gasteiger partial charge in [-0.1, -0.05) is 79.8 Å². The standard InChI is InChI=1S/C52H61N3O7S/c1-2-3-4-5-6-7-8-9-10-11-12-13-14-15-16-17-18-19-20-21-48(57)53-32-33-54-52(59)62-45-29-24-42(25-30-45)51-49(46-31-26-43(56)40-47(46)63-51)50(58)41-22-27-44(28-23-41)61-39-36-55-34-37-60-38-35-55/h3-4,6-7,9-10,12-13,15-16,18-19,22-31,40,56H,2,5,8,11,14,17,20-21,32-39H2,1H3,(H,53,57)(H,54,59)/b4-3-,7-6-,10-9-,13-12-,16-15-,19-18-. The number of amides is 2. The Kier molecular flexibility index (Phi) is 21.2. The molecule has 332 valence electrons. The molecule has 0 bridgehead atoms. The molecule has 1 aliphatic heterocycles. The summed E-state index contributed by atoms with van der Waals surface area (Å²) in [4.78, 5) is 41.9. The number of phenolic OH excluding ortho intramolecular Hbond substituents is 1. The molecule has 10 nitrogen and oxygen atoms in total. The van der Waals surface area contributed by atoms with E-state index in [4.69, 9.17) is 14.2 Å². The van der Waals surface area contributed by atoms with E-state index >= 15 is 0 Å². The van der Waals surface area contributed by atoms with Gasteiger partial charge in [0.15, 0.2) is 5.78 Å². The fraction of sp³-hybridized carbons (Fsp3) is 0.327. The summed E-state index contributed by atoms with van der Waals surface area (Å²) < 4.78 is 17.6. The number of hydrogen-bond acceptors (Lipinski definition) is 9. The monoisotopic (exact) mass is 871 g/mol. The first kappa shape index (κ1) is 48.0. The number of ether oxygens (including phenoxy) is 3. The summed E-state index contributed by atoms with van der Waals surface area (Å²) in [6.07, 6.45) is 31.9. The van der Waals surface area contributed by atoms with E-state index in [1.54, 1.807) is 54.6 Å². The van der Waals surface area contributed by atoms with Crippen molar-refractivity contribution in [3.63, 3.8) is 0 Å². The molecular weight excluding hydrogens is 811 g/mol. The first-order chi connectivity index (χ1) is 30.9. The lowest BCUT2D eigenvalue weighted by atomic mass is 9.97. The van der Waals surface area contributed by atoms with Gasteiger partial charge in [0.1, 0.15) is 23.9 Å². The van der Waals surface area contributed by atoms with E-state index < -0.39 is 6.09 Å². The summed E-state index contributed by atoms with van der Waals surface area (Å²) in [5, 5.41) is 16.4. The SMILES string of the molecule is CC/C=C\C/C=C\C/C=C\C/C=C\C/C=C\C/C=C\CCC(=O)NCCNC(=O)Oc1ccc(-c2sc3cc(O)ccc3c2C(=O)c2ccc(OCCN3CCOCC3)cc2)cc1. The summed E-state index contributed by atoms with van der Waals surface area (Å²) in [6, 6.07) is 19.1. The molecule has 1 fully saturated rings. The van der Waals surface area contributed by atoms with E-state index in [0.717, 1.165) is 91.9 Å². The van der Waals surface area contributed by atoms with Crippen LogP contribution in [0.5, 0.6) is 17.2 Å². The Bertz CT molecular complexity index is 2210. The van der Waals surface area contributed by atoms with Crippen molar-refractivity contribution in [2.75, 3.05) is 52.5 Å². The maximum Gasteiger partial charge on any atom is 0.412 e. The molecule has 1 saturated heterocycles. The molecule has 3 aromatic carbocycles. The van der Waals surface area contributed by atoms with Crippen LogP contribution in [0.4, 0.5) is 4.79 Å². The second-order valence-electron chi connectivity index (χ2n) is 14.8.